The summed E-state index contributed by atoms with van der Waals surface area (Å²) in [5.74, 6) is -1.79. The van der Waals surface area contributed by atoms with Crippen LogP contribution in [0.3, 0.4) is 0 Å². The Balaban J connectivity index is 1.67. The molecule has 0 atom stereocenters. The zero-order valence-corrected chi connectivity index (χ0v) is 17.4. The molecule has 156 valence electrons. The number of hydrazone groups is 1. The van der Waals surface area contributed by atoms with Crippen LogP contribution in [-0.4, -0.2) is 56.3 Å². The Morgan fingerprint density at radius 3 is 2.70 bits per heavy atom. The zero-order valence-electron chi connectivity index (χ0n) is 16.5. The first-order valence-corrected chi connectivity index (χ1v) is 11.4. The number of halogens is 2. The SMILES string of the molecule is CN1C=C2C(=C(C3=CCN(S(C)(=O)=O)CC3)C1)NN=C1C=Cc3cc(F)c(F)c2c31. The van der Waals surface area contributed by atoms with Crippen LogP contribution in [0.1, 0.15) is 23.1 Å². The third-order valence-electron chi connectivity index (χ3n) is 5.84. The van der Waals surface area contributed by atoms with Crippen molar-refractivity contribution in [2.45, 2.75) is 6.42 Å². The fraction of sp³-hybridized carbons (Fsp3) is 0.286. The third kappa shape index (κ3) is 2.92. The number of hydrogen-bond donors (Lipinski definition) is 1. The van der Waals surface area contributed by atoms with Crippen LogP contribution in [0.4, 0.5) is 8.78 Å². The molecule has 1 aromatic carbocycles. The monoisotopic (exact) mass is 430 g/mol. The van der Waals surface area contributed by atoms with Crippen molar-refractivity contribution < 1.29 is 17.2 Å². The zero-order chi connectivity index (χ0) is 21.2. The van der Waals surface area contributed by atoms with Crippen LogP contribution < -0.4 is 5.43 Å². The van der Waals surface area contributed by atoms with Gasteiger partial charge in [-0.1, -0.05) is 12.2 Å². The van der Waals surface area contributed by atoms with Gasteiger partial charge < -0.3 is 4.90 Å². The molecular weight excluding hydrogens is 410 g/mol. The lowest BCUT2D eigenvalue weighted by Crippen LogP contribution is -2.35. The van der Waals surface area contributed by atoms with Gasteiger partial charge in [-0.05, 0) is 29.7 Å². The van der Waals surface area contributed by atoms with E-state index >= 15 is 4.39 Å². The van der Waals surface area contributed by atoms with Gasteiger partial charge in [0.05, 0.1) is 17.7 Å². The molecule has 4 aliphatic rings. The molecule has 0 bridgehead atoms. The molecule has 0 spiro atoms. The van der Waals surface area contributed by atoms with E-state index in [9.17, 15) is 12.8 Å². The summed E-state index contributed by atoms with van der Waals surface area (Å²) in [6, 6.07) is 1.19. The molecule has 0 fully saturated rings. The largest absolute Gasteiger partial charge is 0.375 e. The predicted molar refractivity (Wildman–Crippen MR) is 112 cm³/mol. The summed E-state index contributed by atoms with van der Waals surface area (Å²) in [7, 11) is -1.39. The number of nitrogens with one attached hydrogen (secondary N) is 1. The average Bonchev–Trinajstić information content (AvgIpc) is 3.01. The lowest BCUT2D eigenvalue weighted by atomic mass is 9.87. The molecule has 0 radical (unpaired) electrons. The first kappa shape index (κ1) is 19.2. The van der Waals surface area contributed by atoms with Crippen molar-refractivity contribution in [2.24, 2.45) is 5.10 Å². The van der Waals surface area contributed by atoms with E-state index in [1.165, 1.54) is 16.6 Å². The second kappa shape index (κ2) is 6.61. The molecule has 1 aliphatic carbocycles. The van der Waals surface area contributed by atoms with Gasteiger partial charge in [-0.2, -0.15) is 9.41 Å². The molecule has 3 aliphatic heterocycles. The molecular formula is C21H20F2N4O2S. The van der Waals surface area contributed by atoms with Crippen LogP contribution in [0.25, 0.3) is 11.6 Å². The van der Waals surface area contributed by atoms with Crippen LogP contribution in [-0.2, 0) is 10.0 Å². The van der Waals surface area contributed by atoms with Crippen LogP contribution in [0.5, 0.6) is 0 Å². The smallest absolute Gasteiger partial charge is 0.211 e. The lowest BCUT2D eigenvalue weighted by molar-refractivity contribution is 0.431. The summed E-state index contributed by atoms with van der Waals surface area (Å²) in [4.78, 5) is 1.92. The van der Waals surface area contributed by atoms with Gasteiger partial charge in [0.15, 0.2) is 11.6 Å². The van der Waals surface area contributed by atoms with Crippen LogP contribution >= 0.6 is 0 Å². The van der Waals surface area contributed by atoms with Gasteiger partial charge in [0.2, 0.25) is 10.0 Å². The predicted octanol–water partition coefficient (Wildman–Crippen LogP) is 2.43. The number of sulfonamides is 1. The number of nitrogens with zero attached hydrogens (tertiary/aromatic N) is 3. The van der Waals surface area contributed by atoms with Gasteiger partial charge in [0, 0.05) is 55.2 Å². The highest BCUT2D eigenvalue weighted by atomic mass is 32.2. The Morgan fingerprint density at radius 1 is 1.20 bits per heavy atom. The van der Waals surface area contributed by atoms with Gasteiger partial charge in [0.25, 0.3) is 0 Å². The second-order valence-corrected chi connectivity index (χ2v) is 9.85. The number of likely N-dealkylation sites (N-methyl/N-ethyl adjacent to an activating group) is 1. The van der Waals surface area contributed by atoms with Crippen molar-refractivity contribution in [3.05, 3.63) is 69.6 Å². The average molecular weight is 430 g/mol. The van der Waals surface area contributed by atoms with E-state index < -0.39 is 21.7 Å². The molecule has 0 amide bonds. The van der Waals surface area contributed by atoms with E-state index in [4.69, 9.17) is 0 Å². The molecule has 0 saturated heterocycles. The van der Waals surface area contributed by atoms with Crippen molar-refractivity contribution in [3.63, 3.8) is 0 Å². The van der Waals surface area contributed by atoms with E-state index in [0.717, 1.165) is 11.1 Å². The van der Waals surface area contributed by atoms with Gasteiger partial charge in [0.1, 0.15) is 0 Å². The first-order valence-electron chi connectivity index (χ1n) is 9.58. The maximum absolute atomic E-state index is 15.0. The van der Waals surface area contributed by atoms with Gasteiger partial charge in [-0.3, -0.25) is 5.43 Å². The third-order valence-corrected chi connectivity index (χ3v) is 7.11. The Labute approximate surface area is 173 Å². The summed E-state index contributed by atoms with van der Waals surface area (Å²) in [6.45, 7) is 1.22. The number of allylic oxidation sites excluding steroid dienone is 2. The molecule has 30 heavy (non-hydrogen) atoms. The van der Waals surface area contributed by atoms with E-state index in [-0.39, 0.29) is 12.1 Å². The van der Waals surface area contributed by atoms with Crippen LogP contribution in [0.2, 0.25) is 0 Å². The Bertz CT molecular complexity index is 1240. The molecule has 3 heterocycles. The topological polar surface area (TPSA) is 65.0 Å². The second-order valence-electron chi connectivity index (χ2n) is 7.87. The van der Waals surface area contributed by atoms with E-state index in [1.54, 1.807) is 18.4 Å². The molecule has 0 unspecified atom stereocenters. The van der Waals surface area contributed by atoms with E-state index in [0.29, 0.717) is 47.6 Å². The Hall–Kier alpha value is -2.78. The lowest BCUT2D eigenvalue weighted by Gasteiger charge is -2.32. The van der Waals surface area contributed by atoms with Crippen molar-refractivity contribution in [1.82, 2.24) is 14.6 Å². The summed E-state index contributed by atoms with van der Waals surface area (Å²) < 4.78 is 54.5. The number of hydrogen-bond acceptors (Lipinski definition) is 5. The van der Waals surface area contributed by atoms with Gasteiger partial charge >= 0.3 is 0 Å². The fourth-order valence-electron chi connectivity index (χ4n) is 4.39. The molecule has 0 saturated carbocycles. The molecule has 9 heteroatoms. The van der Waals surface area contributed by atoms with Crippen LogP contribution in [0, 0.1) is 11.6 Å². The number of benzene rings is 1. The maximum atomic E-state index is 15.0. The minimum Gasteiger partial charge on any atom is -0.375 e. The highest BCUT2D eigenvalue weighted by Gasteiger charge is 2.33. The van der Waals surface area contributed by atoms with Gasteiger partial charge in [-0.25, -0.2) is 17.2 Å². The minimum atomic E-state index is -3.26. The maximum Gasteiger partial charge on any atom is 0.211 e. The van der Waals surface area contributed by atoms with E-state index in [2.05, 4.69) is 10.5 Å². The van der Waals surface area contributed by atoms with Gasteiger partial charge in [-0.15, -0.1) is 0 Å². The fourth-order valence-corrected chi connectivity index (χ4v) is 5.16. The molecule has 5 rings (SSSR count). The van der Waals surface area contributed by atoms with Crippen molar-refractivity contribution in [1.29, 1.82) is 0 Å². The van der Waals surface area contributed by atoms with Crippen molar-refractivity contribution in [2.75, 3.05) is 32.9 Å². The highest BCUT2D eigenvalue weighted by molar-refractivity contribution is 7.88. The summed E-state index contributed by atoms with van der Waals surface area (Å²) >= 11 is 0. The molecule has 1 aromatic rings. The standard InChI is InChI=1S/C21H20F2N4O2S/c1-26-10-14(12-5-7-27(8-6-12)30(2,28)29)21-15(11-26)19-18-13(9-16(22)20(19)23)3-4-17(18)24-25-21/h3-5,9,11,25H,6-8,10H2,1-2H3. The summed E-state index contributed by atoms with van der Waals surface area (Å²) in [6.07, 6.45) is 8.90. The quantitative estimate of drug-likeness (QED) is 0.783. The van der Waals surface area contributed by atoms with Crippen LogP contribution in [0.15, 0.2) is 46.4 Å². The van der Waals surface area contributed by atoms with Crippen molar-refractivity contribution in [3.8, 4) is 0 Å². The Morgan fingerprint density at radius 2 is 2.00 bits per heavy atom. The number of rotatable bonds is 2. The summed E-state index contributed by atoms with van der Waals surface area (Å²) in [5.41, 5.74) is 8.09. The molecule has 0 aromatic heterocycles. The first-order chi connectivity index (χ1) is 14.2. The van der Waals surface area contributed by atoms with Crippen molar-refractivity contribution >= 4 is 27.4 Å². The summed E-state index contributed by atoms with van der Waals surface area (Å²) in [5, 5.41) is 4.45. The Kier molecular flexibility index (Phi) is 4.23. The molecule has 1 N–H and O–H groups in total. The number of fused-ring (bicyclic) bond motifs is 2. The van der Waals surface area contributed by atoms with E-state index in [1.807, 2.05) is 18.0 Å². The highest BCUT2D eigenvalue weighted by Crippen LogP contribution is 2.41. The minimum absolute atomic E-state index is 0.201. The molecule has 6 nitrogen and oxygen atoms in total. The normalized spacial score (nSPS) is 20.8.